The van der Waals surface area contributed by atoms with Crippen LogP contribution in [-0.2, 0) is 4.79 Å². The van der Waals surface area contributed by atoms with Crippen molar-refractivity contribution in [3.05, 3.63) is 39.4 Å². The number of carboxylic acid groups (broad SMARTS) is 1. The number of hydrogen-bond acceptors (Lipinski definition) is 2. The monoisotopic (exact) mass is 384 g/mol. The number of aliphatic carboxylic acids is 1. The van der Waals surface area contributed by atoms with Crippen molar-refractivity contribution in [3.8, 4) is 0 Å². The van der Waals surface area contributed by atoms with Crippen molar-refractivity contribution in [1.29, 1.82) is 0 Å². The molecule has 0 saturated heterocycles. The van der Waals surface area contributed by atoms with Gasteiger partial charge in [0.2, 0.25) is 0 Å². The van der Waals surface area contributed by atoms with Crippen molar-refractivity contribution >= 4 is 34.9 Å². The van der Waals surface area contributed by atoms with Gasteiger partial charge in [-0.15, -0.1) is 0 Å². The highest BCUT2D eigenvalue weighted by molar-refractivity contribution is 6.35. The van der Waals surface area contributed by atoms with Crippen LogP contribution in [0.5, 0.6) is 0 Å². The van der Waals surface area contributed by atoms with Crippen molar-refractivity contribution < 1.29 is 15.0 Å². The van der Waals surface area contributed by atoms with Gasteiger partial charge in [-0.05, 0) is 61.1 Å². The van der Waals surface area contributed by atoms with E-state index in [0.717, 1.165) is 12.8 Å². The van der Waals surface area contributed by atoms with E-state index in [9.17, 15) is 15.0 Å². The molecule has 0 radical (unpaired) electrons. The van der Waals surface area contributed by atoms with Gasteiger partial charge in [-0.1, -0.05) is 50.4 Å². The summed E-state index contributed by atoms with van der Waals surface area (Å²) < 4.78 is 0. The second-order valence-electron chi connectivity index (χ2n) is 7.52. The lowest BCUT2D eigenvalue weighted by Gasteiger charge is -2.36. The quantitative estimate of drug-likeness (QED) is 0.453. The van der Waals surface area contributed by atoms with E-state index >= 15 is 0 Å². The predicted molar refractivity (Wildman–Crippen MR) is 103 cm³/mol. The first kappa shape index (κ1) is 20.1. The standard InChI is InChI=1S/C20H26Cl2O3/c1-11(2)13-5-4-12(3)14(8-13)9-17(20(24)25)19(23)16-7-6-15(21)10-18(16)22/h6-7,10-14,23H,4-5,8-9H2,1-3H3,(H,24,25). The maximum atomic E-state index is 11.8. The Balaban J connectivity index is 2.32. The maximum Gasteiger partial charge on any atom is 0.335 e. The number of aliphatic hydroxyl groups excluding tert-OH is 1. The minimum Gasteiger partial charge on any atom is -0.507 e. The smallest absolute Gasteiger partial charge is 0.335 e. The molecule has 1 aliphatic rings. The third kappa shape index (κ3) is 4.92. The average Bonchev–Trinajstić information content (AvgIpc) is 2.52. The minimum absolute atomic E-state index is 0.0329. The van der Waals surface area contributed by atoms with Crippen LogP contribution in [0.25, 0.3) is 5.76 Å². The largest absolute Gasteiger partial charge is 0.507 e. The molecular formula is C20H26Cl2O3. The Morgan fingerprint density at radius 3 is 2.48 bits per heavy atom. The zero-order valence-corrected chi connectivity index (χ0v) is 16.4. The average molecular weight is 385 g/mol. The summed E-state index contributed by atoms with van der Waals surface area (Å²) >= 11 is 12.0. The molecule has 1 aliphatic carbocycles. The zero-order valence-electron chi connectivity index (χ0n) is 14.9. The Morgan fingerprint density at radius 1 is 1.24 bits per heavy atom. The van der Waals surface area contributed by atoms with Gasteiger partial charge in [-0.2, -0.15) is 0 Å². The Morgan fingerprint density at radius 2 is 1.92 bits per heavy atom. The number of halogens is 2. The van der Waals surface area contributed by atoms with E-state index in [2.05, 4.69) is 20.8 Å². The van der Waals surface area contributed by atoms with Crippen molar-refractivity contribution in [3.63, 3.8) is 0 Å². The summed E-state index contributed by atoms with van der Waals surface area (Å²) in [5.74, 6) is 0.540. The molecule has 0 spiro atoms. The molecule has 0 aromatic heterocycles. The van der Waals surface area contributed by atoms with Crippen molar-refractivity contribution in [1.82, 2.24) is 0 Å². The molecule has 3 atom stereocenters. The first-order valence-corrected chi connectivity index (χ1v) is 9.57. The molecule has 3 nitrogen and oxygen atoms in total. The minimum atomic E-state index is -1.10. The molecule has 1 aromatic carbocycles. The van der Waals surface area contributed by atoms with Crippen LogP contribution in [0.3, 0.4) is 0 Å². The molecule has 2 rings (SSSR count). The predicted octanol–water partition coefficient (Wildman–Crippen LogP) is 6.45. The fourth-order valence-electron chi connectivity index (χ4n) is 3.73. The number of hydrogen-bond donors (Lipinski definition) is 2. The SMILES string of the molecule is CC(C)C1CCC(C)C(CC(C(=O)O)=C(O)c2ccc(Cl)cc2Cl)C1. The second-order valence-corrected chi connectivity index (χ2v) is 8.36. The Kier molecular flexibility index (Phi) is 6.81. The summed E-state index contributed by atoms with van der Waals surface area (Å²) in [6, 6.07) is 4.66. The van der Waals surface area contributed by atoms with E-state index in [1.165, 1.54) is 12.5 Å². The highest BCUT2D eigenvalue weighted by Crippen LogP contribution is 2.41. The van der Waals surface area contributed by atoms with Crippen molar-refractivity contribution in [2.24, 2.45) is 23.7 Å². The Labute approximate surface area is 159 Å². The van der Waals surface area contributed by atoms with Crippen LogP contribution in [0.2, 0.25) is 10.0 Å². The van der Waals surface area contributed by atoms with Gasteiger partial charge >= 0.3 is 5.97 Å². The van der Waals surface area contributed by atoms with Gasteiger partial charge in [-0.3, -0.25) is 0 Å². The number of aliphatic hydroxyl groups is 1. The molecule has 138 valence electrons. The van der Waals surface area contributed by atoms with Crippen LogP contribution in [-0.4, -0.2) is 16.2 Å². The Bertz CT molecular complexity index is 667. The topological polar surface area (TPSA) is 57.5 Å². The molecule has 0 bridgehead atoms. The number of carbonyl (C=O) groups is 1. The molecule has 1 saturated carbocycles. The van der Waals surface area contributed by atoms with Gasteiger partial charge in [0.1, 0.15) is 5.76 Å². The summed E-state index contributed by atoms with van der Waals surface area (Å²) in [5, 5.41) is 20.9. The van der Waals surface area contributed by atoms with E-state index < -0.39 is 5.97 Å². The summed E-state index contributed by atoms with van der Waals surface area (Å²) in [6.45, 7) is 6.61. The van der Waals surface area contributed by atoms with Gasteiger partial charge in [0.25, 0.3) is 0 Å². The number of rotatable bonds is 5. The van der Waals surface area contributed by atoms with Crippen LogP contribution in [0.1, 0.15) is 52.0 Å². The Hall–Kier alpha value is -1.19. The third-order valence-corrected chi connectivity index (χ3v) is 6.09. The normalized spacial score (nSPS) is 25.0. The highest BCUT2D eigenvalue weighted by atomic mass is 35.5. The van der Waals surface area contributed by atoms with Gasteiger partial charge in [-0.25, -0.2) is 4.79 Å². The second kappa shape index (κ2) is 8.46. The molecule has 0 aliphatic heterocycles. The van der Waals surface area contributed by atoms with E-state index in [1.807, 2.05) is 0 Å². The first-order chi connectivity index (χ1) is 11.7. The van der Waals surface area contributed by atoms with E-state index in [4.69, 9.17) is 23.2 Å². The lowest BCUT2D eigenvalue weighted by molar-refractivity contribution is -0.133. The molecule has 5 heteroatoms. The first-order valence-electron chi connectivity index (χ1n) is 8.81. The van der Waals surface area contributed by atoms with Crippen LogP contribution in [0, 0.1) is 23.7 Å². The number of benzene rings is 1. The van der Waals surface area contributed by atoms with Gasteiger partial charge in [0.05, 0.1) is 10.6 Å². The van der Waals surface area contributed by atoms with Crippen LogP contribution >= 0.6 is 23.2 Å². The molecule has 3 unspecified atom stereocenters. The van der Waals surface area contributed by atoms with Crippen molar-refractivity contribution in [2.45, 2.75) is 46.5 Å². The highest BCUT2D eigenvalue weighted by Gasteiger charge is 2.32. The molecule has 25 heavy (non-hydrogen) atoms. The maximum absolute atomic E-state index is 11.8. The summed E-state index contributed by atoms with van der Waals surface area (Å²) in [7, 11) is 0. The van der Waals surface area contributed by atoms with E-state index in [0.29, 0.717) is 34.8 Å². The van der Waals surface area contributed by atoms with Crippen LogP contribution in [0.15, 0.2) is 23.8 Å². The van der Waals surface area contributed by atoms with E-state index in [1.54, 1.807) is 12.1 Å². The zero-order chi connectivity index (χ0) is 18.7. The summed E-state index contributed by atoms with van der Waals surface area (Å²) in [6.07, 6.45) is 3.64. The summed E-state index contributed by atoms with van der Waals surface area (Å²) in [5.41, 5.74) is 0.345. The molecule has 0 amide bonds. The number of carboxylic acids is 1. The lowest BCUT2D eigenvalue weighted by Crippen LogP contribution is -2.27. The van der Waals surface area contributed by atoms with Gasteiger partial charge in [0.15, 0.2) is 0 Å². The molecular weight excluding hydrogens is 359 g/mol. The van der Waals surface area contributed by atoms with Gasteiger partial charge in [0, 0.05) is 10.6 Å². The molecule has 0 heterocycles. The van der Waals surface area contributed by atoms with Crippen LogP contribution in [0.4, 0.5) is 0 Å². The fraction of sp³-hybridized carbons (Fsp3) is 0.550. The van der Waals surface area contributed by atoms with Crippen LogP contribution < -0.4 is 0 Å². The van der Waals surface area contributed by atoms with Gasteiger partial charge < -0.3 is 10.2 Å². The third-order valence-electron chi connectivity index (χ3n) is 5.54. The van der Waals surface area contributed by atoms with Crippen molar-refractivity contribution in [2.75, 3.05) is 0 Å². The van der Waals surface area contributed by atoms with E-state index in [-0.39, 0.29) is 22.3 Å². The fourth-order valence-corrected chi connectivity index (χ4v) is 4.23. The summed E-state index contributed by atoms with van der Waals surface area (Å²) in [4.78, 5) is 11.8. The lowest BCUT2D eigenvalue weighted by atomic mass is 9.69. The molecule has 1 fully saturated rings. The molecule has 1 aromatic rings. The molecule has 2 N–H and O–H groups in total.